The normalized spacial score (nSPS) is 19.1. The van der Waals surface area contributed by atoms with E-state index in [1.165, 1.54) is 29.0 Å². The molecule has 0 bridgehead atoms. The molecule has 1 aliphatic rings. The lowest BCUT2D eigenvalue weighted by atomic mass is 10.0. The van der Waals surface area contributed by atoms with Gasteiger partial charge in [-0.2, -0.15) is 0 Å². The van der Waals surface area contributed by atoms with Gasteiger partial charge in [0.2, 0.25) is 0 Å². The lowest BCUT2D eigenvalue weighted by molar-refractivity contribution is 0.317. The monoisotopic (exact) mass is 348 g/mol. The van der Waals surface area contributed by atoms with E-state index in [0.29, 0.717) is 12.1 Å². The Balaban J connectivity index is 1.43. The minimum absolute atomic E-state index is 0.294. The predicted molar refractivity (Wildman–Crippen MR) is 106 cm³/mol. The average molecular weight is 349 g/mol. The van der Waals surface area contributed by atoms with E-state index in [9.17, 15) is 0 Å². The van der Waals surface area contributed by atoms with Crippen molar-refractivity contribution in [1.82, 2.24) is 10.2 Å². The first-order chi connectivity index (χ1) is 12.4. The number of thiophene rings is 1. The molecule has 0 radical (unpaired) electrons. The van der Waals surface area contributed by atoms with Gasteiger partial charge in [-0.05, 0) is 29.0 Å². The van der Waals surface area contributed by atoms with Crippen molar-refractivity contribution in [2.24, 2.45) is 0 Å². The molecule has 128 valence electrons. The number of likely N-dealkylation sites (tertiary alicyclic amines) is 1. The molecule has 2 atom stereocenters. The van der Waals surface area contributed by atoms with E-state index in [1.807, 2.05) is 11.3 Å². The van der Waals surface area contributed by atoms with Crippen LogP contribution < -0.4 is 5.32 Å². The number of hydrogen-bond donors (Lipinski definition) is 1. The van der Waals surface area contributed by atoms with Gasteiger partial charge in [-0.15, -0.1) is 11.3 Å². The highest BCUT2D eigenvalue weighted by Crippen LogP contribution is 2.28. The van der Waals surface area contributed by atoms with Gasteiger partial charge in [0.25, 0.3) is 0 Å². The minimum Gasteiger partial charge on any atom is -0.301 e. The van der Waals surface area contributed by atoms with Gasteiger partial charge in [0.1, 0.15) is 0 Å². The summed E-state index contributed by atoms with van der Waals surface area (Å²) >= 11 is 1.84. The highest BCUT2D eigenvalue weighted by molar-refractivity contribution is 7.10. The second kappa shape index (κ2) is 7.96. The molecule has 2 unspecified atom stereocenters. The molecule has 25 heavy (non-hydrogen) atoms. The Bertz CT molecular complexity index is 755. The lowest BCUT2D eigenvalue weighted by Crippen LogP contribution is -2.35. The van der Waals surface area contributed by atoms with Gasteiger partial charge in [0.05, 0.1) is 6.04 Å². The molecular weight excluding hydrogens is 324 g/mol. The maximum absolute atomic E-state index is 3.92. The summed E-state index contributed by atoms with van der Waals surface area (Å²) in [7, 11) is 0. The zero-order valence-corrected chi connectivity index (χ0v) is 15.2. The van der Waals surface area contributed by atoms with E-state index in [0.717, 1.165) is 13.1 Å². The second-order valence-corrected chi connectivity index (χ2v) is 7.71. The van der Waals surface area contributed by atoms with Crippen LogP contribution in [-0.2, 0) is 6.54 Å². The first-order valence-electron chi connectivity index (χ1n) is 8.99. The Morgan fingerprint density at radius 3 is 2.44 bits per heavy atom. The molecule has 0 saturated carbocycles. The van der Waals surface area contributed by atoms with Crippen LogP contribution in [0.25, 0.3) is 0 Å². The summed E-state index contributed by atoms with van der Waals surface area (Å²) in [5.41, 5.74) is 2.76. The number of hydrogen-bond acceptors (Lipinski definition) is 3. The quantitative estimate of drug-likeness (QED) is 0.694. The standard InChI is InChI=1S/C22H24N2S/c1-3-8-18(9-4-1)16-24-14-13-20(17-24)23-22(21-12-7-15-25-21)19-10-5-2-6-11-19/h1-12,15,20,22-23H,13-14,16-17H2. The molecule has 2 nitrogen and oxygen atoms in total. The van der Waals surface area contributed by atoms with Crippen LogP contribution in [0.5, 0.6) is 0 Å². The number of benzene rings is 2. The molecule has 4 rings (SSSR count). The van der Waals surface area contributed by atoms with E-state index in [1.54, 1.807) is 0 Å². The second-order valence-electron chi connectivity index (χ2n) is 6.73. The fraction of sp³-hybridized carbons (Fsp3) is 0.273. The van der Waals surface area contributed by atoms with Crippen molar-refractivity contribution in [3.63, 3.8) is 0 Å². The fourth-order valence-electron chi connectivity index (χ4n) is 3.63. The molecule has 3 heteroatoms. The summed E-state index contributed by atoms with van der Waals surface area (Å²) in [6, 6.07) is 26.8. The first-order valence-corrected chi connectivity index (χ1v) is 9.87. The van der Waals surface area contributed by atoms with E-state index >= 15 is 0 Å². The Morgan fingerprint density at radius 2 is 1.72 bits per heavy atom. The van der Waals surface area contributed by atoms with Crippen LogP contribution in [0.4, 0.5) is 0 Å². The van der Waals surface area contributed by atoms with Crippen molar-refractivity contribution < 1.29 is 0 Å². The van der Waals surface area contributed by atoms with Crippen LogP contribution in [0.15, 0.2) is 78.2 Å². The summed E-state index contributed by atoms with van der Waals surface area (Å²) in [5, 5.41) is 6.09. The molecule has 1 N–H and O–H groups in total. The van der Waals surface area contributed by atoms with Gasteiger partial charge in [-0.25, -0.2) is 0 Å². The molecule has 1 saturated heterocycles. The predicted octanol–water partition coefficient (Wildman–Crippen LogP) is 4.70. The molecule has 0 amide bonds. The third-order valence-electron chi connectivity index (χ3n) is 4.88. The minimum atomic E-state index is 0.294. The SMILES string of the molecule is c1ccc(CN2CCC(NC(c3ccccc3)c3cccs3)C2)cc1. The summed E-state index contributed by atoms with van der Waals surface area (Å²) < 4.78 is 0. The van der Waals surface area contributed by atoms with Crippen LogP contribution in [0.3, 0.4) is 0 Å². The Hall–Kier alpha value is -1.94. The van der Waals surface area contributed by atoms with Crippen LogP contribution in [0.2, 0.25) is 0 Å². The summed E-state index contributed by atoms with van der Waals surface area (Å²) in [6.07, 6.45) is 1.21. The third kappa shape index (κ3) is 4.18. The first kappa shape index (κ1) is 16.5. The molecule has 0 spiro atoms. The van der Waals surface area contributed by atoms with Crippen molar-refractivity contribution in [1.29, 1.82) is 0 Å². The molecule has 0 aliphatic carbocycles. The van der Waals surface area contributed by atoms with Gasteiger partial charge in [-0.3, -0.25) is 4.90 Å². The maximum atomic E-state index is 3.92. The topological polar surface area (TPSA) is 15.3 Å². The van der Waals surface area contributed by atoms with E-state index < -0.39 is 0 Å². The molecule has 1 aliphatic heterocycles. The lowest BCUT2D eigenvalue weighted by Gasteiger charge is -2.23. The largest absolute Gasteiger partial charge is 0.301 e. The number of nitrogens with zero attached hydrogens (tertiary/aromatic N) is 1. The maximum Gasteiger partial charge on any atom is 0.0673 e. The smallest absolute Gasteiger partial charge is 0.0673 e. The molecule has 1 fully saturated rings. The third-order valence-corrected chi connectivity index (χ3v) is 5.82. The van der Waals surface area contributed by atoms with Crippen molar-refractivity contribution in [2.45, 2.75) is 25.0 Å². The van der Waals surface area contributed by atoms with Crippen LogP contribution in [0, 0.1) is 0 Å². The molecule has 3 aromatic rings. The average Bonchev–Trinajstić information content (AvgIpc) is 3.33. The molecule has 1 aromatic heterocycles. The van der Waals surface area contributed by atoms with E-state index in [4.69, 9.17) is 0 Å². The van der Waals surface area contributed by atoms with E-state index in [2.05, 4.69) is 88.4 Å². The van der Waals surface area contributed by atoms with E-state index in [-0.39, 0.29) is 0 Å². The molecule has 2 heterocycles. The fourth-order valence-corrected chi connectivity index (χ4v) is 4.44. The zero-order valence-electron chi connectivity index (χ0n) is 14.3. The number of nitrogens with one attached hydrogen (secondary N) is 1. The van der Waals surface area contributed by atoms with Crippen LogP contribution >= 0.6 is 11.3 Å². The van der Waals surface area contributed by atoms with Crippen molar-refractivity contribution in [3.8, 4) is 0 Å². The van der Waals surface area contributed by atoms with Crippen LogP contribution in [0.1, 0.15) is 28.5 Å². The molecular formula is C22H24N2S. The van der Waals surface area contributed by atoms with Gasteiger partial charge in [0, 0.05) is 30.6 Å². The van der Waals surface area contributed by atoms with Crippen molar-refractivity contribution in [2.75, 3.05) is 13.1 Å². The summed E-state index contributed by atoms with van der Waals surface area (Å²) in [6.45, 7) is 3.33. The van der Waals surface area contributed by atoms with Crippen LogP contribution in [-0.4, -0.2) is 24.0 Å². The van der Waals surface area contributed by atoms with Crippen molar-refractivity contribution >= 4 is 11.3 Å². The summed E-state index contributed by atoms with van der Waals surface area (Å²) in [5.74, 6) is 0. The highest BCUT2D eigenvalue weighted by atomic mass is 32.1. The van der Waals surface area contributed by atoms with Crippen molar-refractivity contribution in [3.05, 3.63) is 94.2 Å². The zero-order chi connectivity index (χ0) is 16.9. The Labute approximate surface area is 154 Å². The Morgan fingerprint density at radius 1 is 0.960 bits per heavy atom. The van der Waals surface area contributed by atoms with Gasteiger partial charge < -0.3 is 5.32 Å². The van der Waals surface area contributed by atoms with Gasteiger partial charge in [-0.1, -0.05) is 66.7 Å². The number of rotatable bonds is 6. The molecule has 2 aromatic carbocycles. The van der Waals surface area contributed by atoms with Gasteiger partial charge >= 0.3 is 0 Å². The highest BCUT2D eigenvalue weighted by Gasteiger charge is 2.26. The van der Waals surface area contributed by atoms with Gasteiger partial charge in [0.15, 0.2) is 0 Å². The summed E-state index contributed by atoms with van der Waals surface area (Å²) in [4.78, 5) is 3.96. The Kier molecular flexibility index (Phi) is 5.26.